The zero-order chi connectivity index (χ0) is 26.5. The molecule has 1 atom stereocenters. The van der Waals surface area contributed by atoms with Gasteiger partial charge >= 0.3 is 0 Å². The van der Waals surface area contributed by atoms with Crippen molar-refractivity contribution in [2.45, 2.75) is 12.3 Å². The average molecular weight is 509 g/mol. The third-order valence-electron chi connectivity index (χ3n) is 8.62. The van der Waals surface area contributed by atoms with Crippen molar-refractivity contribution in [3.05, 3.63) is 168 Å². The molecular formula is C40H28. The molecule has 0 aromatic heterocycles. The maximum Gasteiger partial charge on any atom is 0.0142 e. The lowest BCUT2D eigenvalue weighted by atomic mass is 9.87. The minimum atomic E-state index is 0.339. The van der Waals surface area contributed by atoms with Crippen LogP contribution in [0.25, 0.3) is 54.9 Å². The van der Waals surface area contributed by atoms with Crippen LogP contribution in [-0.2, 0) is 6.42 Å². The number of hydrogen-bond donors (Lipinski definition) is 0. The first-order chi connectivity index (χ1) is 19.8. The van der Waals surface area contributed by atoms with E-state index in [0.717, 1.165) is 6.42 Å². The van der Waals surface area contributed by atoms with Crippen LogP contribution in [0.15, 0.2) is 152 Å². The fraction of sp³-hybridized carbons (Fsp3) is 0.0500. The first-order valence-electron chi connectivity index (χ1n) is 14.1. The van der Waals surface area contributed by atoms with Crippen LogP contribution < -0.4 is 0 Å². The van der Waals surface area contributed by atoms with E-state index in [2.05, 4.69) is 152 Å². The van der Waals surface area contributed by atoms with Gasteiger partial charge in [-0.25, -0.2) is 0 Å². The minimum Gasteiger partial charge on any atom is -0.0622 e. The van der Waals surface area contributed by atoms with Crippen molar-refractivity contribution in [3.63, 3.8) is 0 Å². The molecule has 0 heteroatoms. The van der Waals surface area contributed by atoms with Gasteiger partial charge in [-0.1, -0.05) is 133 Å². The smallest absolute Gasteiger partial charge is 0.0142 e. The zero-order valence-corrected chi connectivity index (χ0v) is 22.2. The molecule has 8 rings (SSSR count). The standard InChI is InChI=1S/C40H28/c1-3-11-28(12-4-1)29-21-19-27(20-22-29)23-38-34-17-9-10-18-35(34)39-25-31-24-36(30-13-5-2-6-14-30)32-15-7-8-16-33(32)37(31)26-40(38)39/h1-22,24-26,38H,23H2. The van der Waals surface area contributed by atoms with Crippen LogP contribution in [0.2, 0.25) is 0 Å². The monoisotopic (exact) mass is 508 g/mol. The van der Waals surface area contributed by atoms with Crippen LogP contribution in [0, 0.1) is 0 Å². The molecule has 0 aliphatic heterocycles. The molecule has 7 aromatic carbocycles. The highest BCUT2D eigenvalue weighted by Crippen LogP contribution is 2.49. The van der Waals surface area contributed by atoms with E-state index in [0.29, 0.717) is 5.92 Å². The molecule has 0 bridgehead atoms. The molecule has 188 valence electrons. The van der Waals surface area contributed by atoms with Crippen LogP contribution >= 0.6 is 0 Å². The van der Waals surface area contributed by atoms with E-state index < -0.39 is 0 Å². The summed E-state index contributed by atoms with van der Waals surface area (Å²) in [6, 6.07) is 55.8. The third kappa shape index (κ3) is 3.76. The zero-order valence-electron chi connectivity index (χ0n) is 22.2. The molecule has 0 nitrogen and oxygen atoms in total. The highest BCUT2D eigenvalue weighted by Gasteiger charge is 2.29. The molecule has 0 saturated carbocycles. The second kappa shape index (κ2) is 9.36. The van der Waals surface area contributed by atoms with Gasteiger partial charge in [0.05, 0.1) is 0 Å². The van der Waals surface area contributed by atoms with E-state index in [1.165, 1.54) is 71.6 Å². The van der Waals surface area contributed by atoms with Crippen molar-refractivity contribution in [1.29, 1.82) is 0 Å². The van der Waals surface area contributed by atoms with Gasteiger partial charge in [0.15, 0.2) is 0 Å². The van der Waals surface area contributed by atoms with Gasteiger partial charge in [-0.05, 0) is 96.2 Å². The Balaban J connectivity index is 1.27. The van der Waals surface area contributed by atoms with Gasteiger partial charge in [-0.2, -0.15) is 0 Å². The van der Waals surface area contributed by atoms with Gasteiger partial charge in [0.2, 0.25) is 0 Å². The summed E-state index contributed by atoms with van der Waals surface area (Å²) in [4.78, 5) is 0. The van der Waals surface area contributed by atoms with Crippen LogP contribution in [0.1, 0.15) is 22.6 Å². The summed E-state index contributed by atoms with van der Waals surface area (Å²) in [6.07, 6.45) is 0.991. The fourth-order valence-electron chi connectivity index (χ4n) is 6.68. The summed E-state index contributed by atoms with van der Waals surface area (Å²) in [5.41, 5.74) is 12.1. The Morgan fingerprint density at radius 3 is 1.75 bits per heavy atom. The third-order valence-corrected chi connectivity index (χ3v) is 8.62. The van der Waals surface area contributed by atoms with Gasteiger partial charge in [0.1, 0.15) is 0 Å². The second-order valence-electron chi connectivity index (χ2n) is 10.9. The van der Waals surface area contributed by atoms with Crippen LogP contribution in [0.4, 0.5) is 0 Å². The van der Waals surface area contributed by atoms with Gasteiger partial charge < -0.3 is 0 Å². The quantitative estimate of drug-likeness (QED) is 0.207. The van der Waals surface area contributed by atoms with Gasteiger partial charge in [-0.3, -0.25) is 0 Å². The molecule has 0 amide bonds. The van der Waals surface area contributed by atoms with E-state index in [1.807, 2.05) is 0 Å². The Morgan fingerprint density at radius 2 is 0.975 bits per heavy atom. The minimum absolute atomic E-state index is 0.339. The normalized spacial score (nSPS) is 13.8. The van der Waals surface area contributed by atoms with Gasteiger partial charge in [0, 0.05) is 5.92 Å². The van der Waals surface area contributed by atoms with E-state index in [1.54, 1.807) is 0 Å². The predicted molar refractivity (Wildman–Crippen MR) is 170 cm³/mol. The Bertz CT molecular complexity index is 2000. The Kier molecular flexibility index (Phi) is 5.38. The van der Waals surface area contributed by atoms with Crippen LogP contribution in [0.3, 0.4) is 0 Å². The molecule has 1 aliphatic carbocycles. The molecule has 1 unspecified atom stereocenters. The lowest BCUT2D eigenvalue weighted by Gasteiger charge is -2.17. The highest BCUT2D eigenvalue weighted by molar-refractivity contribution is 6.15. The maximum absolute atomic E-state index is 2.49. The van der Waals surface area contributed by atoms with E-state index in [9.17, 15) is 0 Å². The maximum atomic E-state index is 2.49. The average Bonchev–Trinajstić information content (AvgIpc) is 3.33. The topological polar surface area (TPSA) is 0 Å². The largest absolute Gasteiger partial charge is 0.0622 e. The summed E-state index contributed by atoms with van der Waals surface area (Å²) < 4.78 is 0. The van der Waals surface area contributed by atoms with Crippen molar-refractivity contribution in [2.24, 2.45) is 0 Å². The molecule has 7 aromatic rings. The number of benzene rings is 7. The van der Waals surface area contributed by atoms with E-state index in [-0.39, 0.29) is 0 Å². The number of hydrogen-bond acceptors (Lipinski definition) is 0. The van der Waals surface area contributed by atoms with Crippen molar-refractivity contribution in [3.8, 4) is 33.4 Å². The summed E-state index contributed by atoms with van der Waals surface area (Å²) >= 11 is 0. The predicted octanol–water partition coefficient (Wildman–Crippen LogP) is 10.7. The first-order valence-corrected chi connectivity index (χ1v) is 14.1. The molecule has 0 fully saturated rings. The molecule has 0 radical (unpaired) electrons. The Labute approximate surface area is 235 Å². The van der Waals surface area contributed by atoms with Crippen molar-refractivity contribution in [2.75, 3.05) is 0 Å². The van der Waals surface area contributed by atoms with Crippen LogP contribution in [-0.4, -0.2) is 0 Å². The van der Waals surface area contributed by atoms with Gasteiger partial charge in [0.25, 0.3) is 0 Å². The molecule has 0 heterocycles. The fourth-order valence-corrected chi connectivity index (χ4v) is 6.68. The highest BCUT2D eigenvalue weighted by atomic mass is 14.3. The van der Waals surface area contributed by atoms with E-state index in [4.69, 9.17) is 0 Å². The number of rotatable bonds is 4. The molecular weight excluding hydrogens is 480 g/mol. The lowest BCUT2D eigenvalue weighted by Crippen LogP contribution is -2.01. The molecule has 1 aliphatic rings. The van der Waals surface area contributed by atoms with E-state index >= 15 is 0 Å². The summed E-state index contributed by atoms with van der Waals surface area (Å²) in [6.45, 7) is 0. The Hall–Kier alpha value is -4.94. The second-order valence-corrected chi connectivity index (χ2v) is 10.9. The molecule has 40 heavy (non-hydrogen) atoms. The van der Waals surface area contributed by atoms with Crippen molar-refractivity contribution < 1.29 is 0 Å². The first kappa shape index (κ1) is 23.0. The number of fused-ring (bicyclic) bond motifs is 6. The molecule has 0 saturated heterocycles. The molecule has 0 N–H and O–H groups in total. The molecule has 0 spiro atoms. The van der Waals surface area contributed by atoms with Crippen LogP contribution in [0.5, 0.6) is 0 Å². The summed E-state index contributed by atoms with van der Waals surface area (Å²) in [7, 11) is 0. The van der Waals surface area contributed by atoms with Crippen molar-refractivity contribution in [1.82, 2.24) is 0 Å². The lowest BCUT2D eigenvalue weighted by molar-refractivity contribution is 0.828. The van der Waals surface area contributed by atoms with Crippen molar-refractivity contribution >= 4 is 21.5 Å². The summed E-state index contributed by atoms with van der Waals surface area (Å²) in [5, 5.41) is 5.28. The van der Waals surface area contributed by atoms with Gasteiger partial charge in [-0.15, -0.1) is 0 Å². The Morgan fingerprint density at radius 1 is 0.375 bits per heavy atom. The SMILES string of the molecule is c1ccc(-c2ccc(CC3c4ccccc4-c4cc5cc(-c6ccccc6)c6ccccc6c5cc43)cc2)cc1. The summed E-state index contributed by atoms with van der Waals surface area (Å²) in [5.74, 6) is 0.339.